The van der Waals surface area contributed by atoms with Crippen LogP contribution in [0.4, 0.5) is 11.4 Å². The molecule has 9 nitrogen and oxygen atoms in total. The summed E-state index contributed by atoms with van der Waals surface area (Å²) >= 11 is 0. The molecule has 3 aliphatic heterocycles. The van der Waals surface area contributed by atoms with E-state index in [9.17, 15) is 19.5 Å². The van der Waals surface area contributed by atoms with E-state index in [2.05, 4.69) is 29.4 Å². The summed E-state index contributed by atoms with van der Waals surface area (Å²) in [4.78, 5) is 45.7. The summed E-state index contributed by atoms with van der Waals surface area (Å²) in [7, 11) is 1.57. The third kappa shape index (κ3) is 4.69. The number of ether oxygens (including phenoxy) is 1. The van der Waals surface area contributed by atoms with Crippen molar-refractivity contribution in [3.05, 3.63) is 60.2 Å². The van der Waals surface area contributed by atoms with Crippen LogP contribution >= 0.6 is 0 Å². The Morgan fingerprint density at radius 3 is 2.32 bits per heavy atom. The van der Waals surface area contributed by atoms with Crippen molar-refractivity contribution >= 4 is 29.1 Å². The average Bonchev–Trinajstić information content (AvgIpc) is 3.61. The van der Waals surface area contributed by atoms with Crippen LogP contribution in [-0.4, -0.2) is 77.8 Å². The summed E-state index contributed by atoms with van der Waals surface area (Å²) in [5, 5.41) is 16.4. The molecule has 3 aliphatic rings. The van der Waals surface area contributed by atoms with E-state index in [4.69, 9.17) is 4.74 Å². The fourth-order valence-corrected chi connectivity index (χ4v) is 7.59. The van der Waals surface area contributed by atoms with E-state index >= 15 is 0 Å². The number of aliphatic hydroxyl groups excluding tert-OH is 1. The number of hydrogen-bond donors (Lipinski definition) is 3. The SMILES string of the molecule is CCN(CC)c1ccc(NC(=O)C2N([C@@H](CO)Cc3ccccc3)C(=O)[C@@H]3[C@H](C(=O)NC)[C@]4(CC)CCC23O4)cc1. The molecular weight excluding hydrogens is 520 g/mol. The Morgan fingerprint density at radius 1 is 1.05 bits per heavy atom. The predicted molar refractivity (Wildman–Crippen MR) is 157 cm³/mol. The summed E-state index contributed by atoms with van der Waals surface area (Å²) in [6, 6.07) is 15.6. The Morgan fingerprint density at radius 2 is 1.73 bits per heavy atom. The first-order chi connectivity index (χ1) is 19.8. The van der Waals surface area contributed by atoms with Crippen LogP contribution in [0.3, 0.4) is 0 Å². The van der Waals surface area contributed by atoms with Gasteiger partial charge in [0.05, 0.1) is 30.1 Å². The Bertz CT molecular complexity index is 1270. The predicted octanol–water partition coefficient (Wildman–Crippen LogP) is 2.98. The van der Waals surface area contributed by atoms with Gasteiger partial charge in [0.25, 0.3) is 0 Å². The van der Waals surface area contributed by atoms with E-state index in [0.29, 0.717) is 31.4 Å². The Kier molecular flexibility index (Phi) is 8.12. The number of fused-ring (bicyclic) bond motifs is 1. The third-order valence-electron chi connectivity index (χ3n) is 9.58. The maximum absolute atomic E-state index is 14.4. The first kappa shape index (κ1) is 29.1. The van der Waals surface area contributed by atoms with E-state index in [1.54, 1.807) is 7.05 Å². The first-order valence-corrected chi connectivity index (χ1v) is 14.8. The highest BCUT2D eigenvalue weighted by atomic mass is 16.5. The van der Waals surface area contributed by atoms with Crippen LogP contribution in [-0.2, 0) is 25.5 Å². The van der Waals surface area contributed by atoms with E-state index < -0.39 is 35.1 Å². The quantitative estimate of drug-likeness (QED) is 0.388. The topological polar surface area (TPSA) is 111 Å². The number of nitrogens with zero attached hydrogens (tertiary/aromatic N) is 2. The van der Waals surface area contributed by atoms with Gasteiger partial charge >= 0.3 is 0 Å². The van der Waals surface area contributed by atoms with Gasteiger partial charge in [-0.2, -0.15) is 0 Å². The van der Waals surface area contributed by atoms with Crippen molar-refractivity contribution in [3.63, 3.8) is 0 Å². The molecule has 0 aromatic heterocycles. The van der Waals surface area contributed by atoms with Gasteiger partial charge in [0.1, 0.15) is 11.6 Å². The molecule has 0 radical (unpaired) electrons. The molecule has 3 saturated heterocycles. The van der Waals surface area contributed by atoms with Crippen molar-refractivity contribution in [2.45, 2.75) is 69.7 Å². The highest BCUT2D eigenvalue weighted by Crippen LogP contribution is 2.64. The zero-order valence-electron chi connectivity index (χ0n) is 24.4. The number of nitrogens with one attached hydrogen (secondary N) is 2. The fraction of sp³-hybridized carbons (Fsp3) is 0.531. The number of amides is 3. The van der Waals surface area contributed by atoms with Crippen molar-refractivity contribution in [3.8, 4) is 0 Å². The lowest BCUT2D eigenvalue weighted by Crippen LogP contribution is -2.57. The van der Waals surface area contributed by atoms with Gasteiger partial charge in [-0.05, 0) is 69.4 Å². The van der Waals surface area contributed by atoms with E-state index in [0.717, 1.165) is 24.3 Å². The van der Waals surface area contributed by atoms with Crippen molar-refractivity contribution in [2.24, 2.45) is 11.8 Å². The van der Waals surface area contributed by atoms with Gasteiger partial charge in [0, 0.05) is 31.5 Å². The number of likely N-dealkylation sites (tertiary alicyclic amines) is 1. The lowest BCUT2D eigenvalue weighted by molar-refractivity contribution is -0.149. The van der Waals surface area contributed by atoms with Gasteiger partial charge in [-0.15, -0.1) is 0 Å². The molecule has 1 spiro atoms. The van der Waals surface area contributed by atoms with Crippen LogP contribution < -0.4 is 15.5 Å². The number of aliphatic hydroxyl groups is 1. The van der Waals surface area contributed by atoms with E-state index in [-0.39, 0.29) is 24.3 Å². The molecule has 3 fully saturated rings. The molecule has 41 heavy (non-hydrogen) atoms. The zero-order valence-corrected chi connectivity index (χ0v) is 24.4. The summed E-state index contributed by atoms with van der Waals surface area (Å²) in [5.41, 5.74) is 0.661. The highest BCUT2D eigenvalue weighted by Gasteiger charge is 2.79. The Balaban J connectivity index is 1.53. The molecule has 2 unspecified atom stereocenters. The minimum Gasteiger partial charge on any atom is -0.394 e. The molecule has 6 atom stereocenters. The molecule has 2 bridgehead atoms. The number of carbonyl (C=O) groups is 3. The Hall–Kier alpha value is -3.43. The van der Waals surface area contributed by atoms with Crippen LogP contribution in [0.25, 0.3) is 0 Å². The maximum atomic E-state index is 14.4. The number of hydrogen-bond acceptors (Lipinski definition) is 6. The van der Waals surface area contributed by atoms with Crippen molar-refractivity contribution in [1.82, 2.24) is 10.2 Å². The highest BCUT2D eigenvalue weighted by molar-refractivity contribution is 6.04. The fourth-order valence-electron chi connectivity index (χ4n) is 7.59. The standard InChI is InChI=1S/C32H42N4O5/c1-5-31-17-18-32(41-31)26(25(31)28(38)33-4)30(40)36(24(20-37)19-21-11-9-8-10-12-21)27(32)29(39)34-22-13-15-23(16-14-22)35(6-2)7-3/h8-16,24-27,37H,5-7,17-20H2,1-4H3,(H,33,38)(H,34,39)/t24-,25-,26+,27?,31+,32?/m1/s1. The largest absolute Gasteiger partial charge is 0.394 e. The van der Waals surface area contributed by atoms with Gasteiger partial charge in [-0.3, -0.25) is 14.4 Å². The molecule has 2 aromatic rings. The minimum absolute atomic E-state index is 0.247. The van der Waals surface area contributed by atoms with Crippen molar-refractivity contribution < 1.29 is 24.2 Å². The number of benzene rings is 2. The molecule has 5 rings (SSSR count). The molecule has 9 heteroatoms. The molecule has 3 heterocycles. The van der Waals surface area contributed by atoms with E-state index in [1.807, 2.05) is 61.5 Å². The summed E-state index contributed by atoms with van der Waals surface area (Å²) < 4.78 is 6.78. The second-order valence-corrected chi connectivity index (χ2v) is 11.4. The Labute approximate surface area is 242 Å². The smallest absolute Gasteiger partial charge is 0.250 e. The molecule has 0 saturated carbocycles. The third-order valence-corrected chi connectivity index (χ3v) is 9.58. The van der Waals surface area contributed by atoms with Gasteiger partial charge in [-0.25, -0.2) is 0 Å². The minimum atomic E-state index is -1.15. The number of rotatable bonds is 11. The normalized spacial score (nSPS) is 28.9. The lowest BCUT2D eigenvalue weighted by atomic mass is 9.65. The molecule has 0 aliphatic carbocycles. The van der Waals surface area contributed by atoms with Crippen molar-refractivity contribution in [1.29, 1.82) is 0 Å². The van der Waals surface area contributed by atoms with Crippen LogP contribution in [0.15, 0.2) is 54.6 Å². The molecule has 3 amide bonds. The number of anilines is 2. The van der Waals surface area contributed by atoms with Crippen LogP contribution in [0.1, 0.15) is 45.6 Å². The molecule has 220 valence electrons. The van der Waals surface area contributed by atoms with Crippen LogP contribution in [0.5, 0.6) is 0 Å². The van der Waals surface area contributed by atoms with Gasteiger partial charge in [0.15, 0.2) is 0 Å². The molecular formula is C32H42N4O5. The van der Waals surface area contributed by atoms with Gasteiger partial charge in [-0.1, -0.05) is 37.3 Å². The summed E-state index contributed by atoms with van der Waals surface area (Å²) in [6.45, 7) is 7.58. The zero-order chi connectivity index (χ0) is 29.4. The average molecular weight is 563 g/mol. The molecule has 3 N–H and O–H groups in total. The monoisotopic (exact) mass is 562 g/mol. The van der Waals surface area contributed by atoms with Crippen LogP contribution in [0.2, 0.25) is 0 Å². The second-order valence-electron chi connectivity index (χ2n) is 11.4. The first-order valence-electron chi connectivity index (χ1n) is 14.8. The molecule has 2 aromatic carbocycles. The second kappa shape index (κ2) is 11.4. The van der Waals surface area contributed by atoms with Gasteiger partial charge < -0.3 is 30.3 Å². The van der Waals surface area contributed by atoms with Gasteiger partial charge in [0.2, 0.25) is 17.7 Å². The van der Waals surface area contributed by atoms with Crippen molar-refractivity contribution in [2.75, 3.05) is 37.0 Å². The number of carbonyl (C=O) groups excluding carboxylic acids is 3. The summed E-state index contributed by atoms with van der Waals surface area (Å²) in [6.07, 6.45) is 2.01. The summed E-state index contributed by atoms with van der Waals surface area (Å²) in [5.74, 6) is -2.43. The van der Waals surface area contributed by atoms with E-state index in [1.165, 1.54) is 4.90 Å². The maximum Gasteiger partial charge on any atom is 0.250 e. The van der Waals surface area contributed by atoms with Crippen LogP contribution in [0, 0.1) is 11.8 Å². The lowest BCUT2D eigenvalue weighted by Gasteiger charge is -2.37.